The summed E-state index contributed by atoms with van der Waals surface area (Å²) in [4.78, 5) is 25.8. The molecule has 0 spiro atoms. The first-order valence-corrected chi connectivity index (χ1v) is 7.41. The van der Waals surface area contributed by atoms with Crippen LogP contribution in [0.15, 0.2) is 24.3 Å². The molecule has 0 saturated carbocycles. The Morgan fingerprint density at radius 1 is 1.38 bits per heavy atom. The molecular formula is C16H23N3O2. The summed E-state index contributed by atoms with van der Waals surface area (Å²) in [7, 11) is 0. The van der Waals surface area contributed by atoms with Crippen molar-refractivity contribution in [2.24, 2.45) is 5.73 Å². The van der Waals surface area contributed by atoms with Gasteiger partial charge in [-0.25, -0.2) is 0 Å². The van der Waals surface area contributed by atoms with Gasteiger partial charge in [0, 0.05) is 25.4 Å². The van der Waals surface area contributed by atoms with E-state index in [0.29, 0.717) is 19.4 Å². The van der Waals surface area contributed by atoms with E-state index in [1.54, 1.807) is 4.90 Å². The van der Waals surface area contributed by atoms with Crippen LogP contribution in [0.25, 0.3) is 0 Å². The van der Waals surface area contributed by atoms with E-state index in [4.69, 9.17) is 5.73 Å². The molecule has 0 saturated heterocycles. The minimum atomic E-state index is -0.541. The van der Waals surface area contributed by atoms with Gasteiger partial charge in [0.1, 0.15) is 6.04 Å². The lowest BCUT2D eigenvalue weighted by molar-refractivity contribution is -0.141. The van der Waals surface area contributed by atoms with E-state index in [9.17, 15) is 9.59 Å². The zero-order valence-electron chi connectivity index (χ0n) is 12.6. The first-order chi connectivity index (χ1) is 10.0. The van der Waals surface area contributed by atoms with Crippen molar-refractivity contribution < 1.29 is 9.59 Å². The van der Waals surface area contributed by atoms with E-state index in [1.807, 2.05) is 38.1 Å². The van der Waals surface area contributed by atoms with Gasteiger partial charge >= 0.3 is 0 Å². The molecule has 1 unspecified atom stereocenters. The fraction of sp³-hybridized carbons (Fsp3) is 0.500. The summed E-state index contributed by atoms with van der Waals surface area (Å²) in [5, 5.41) is 3.22. The maximum atomic E-state index is 12.5. The average Bonchev–Trinajstić information content (AvgIpc) is 2.45. The number of rotatable bonds is 5. The van der Waals surface area contributed by atoms with Crippen LogP contribution >= 0.6 is 0 Å². The van der Waals surface area contributed by atoms with Gasteiger partial charge in [0.15, 0.2) is 0 Å². The van der Waals surface area contributed by atoms with Crippen LogP contribution < -0.4 is 11.1 Å². The molecule has 0 bridgehead atoms. The largest absolute Gasteiger partial charge is 0.368 e. The van der Waals surface area contributed by atoms with E-state index in [0.717, 1.165) is 17.7 Å². The molecule has 5 heteroatoms. The zero-order valence-corrected chi connectivity index (χ0v) is 12.6. The van der Waals surface area contributed by atoms with E-state index in [-0.39, 0.29) is 11.9 Å². The number of nitrogens with one attached hydrogen (secondary N) is 1. The predicted molar refractivity (Wildman–Crippen MR) is 81.4 cm³/mol. The molecule has 21 heavy (non-hydrogen) atoms. The Bertz CT molecular complexity index is 530. The standard InChI is InChI=1S/C16H23N3O2/c1-3-18-11(2)8-15(20)19-10-13-7-5-4-6-12(13)9-14(19)16(17)21/h4-7,11,14,18H,3,8-10H2,1-2H3,(H2,17,21)/t11?,14-/m0/s1. The Labute approximate surface area is 125 Å². The van der Waals surface area contributed by atoms with E-state index >= 15 is 0 Å². The van der Waals surface area contributed by atoms with Crippen molar-refractivity contribution in [3.05, 3.63) is 35.4 Å². The number of primary amides is 1. The SMILES string of the molecule is CCNC(C)CC(=O)N1Cc2ccccc2C[C@H]1C(N)=O. The van der Waals surface area contributed by atoms with Gasteiger partial charge in [-0.2, -0.15) is 0 Å². The number of carbonyl (C=O) groups excluding carboxylic acids is 2. The molecule has 0 aromatic heterocycles. The van der Waals surface area contributed by atoms with Gasteiger partial charge < -0.3 is 16.0 Å². The van der Waals surface area contributed by atoms with Gasteiger partial charge in [-0.3, -0.25) is 9.59 Å². The van der Waals surface area contributed by atoms with E-state index < -0.39 is 11.9 Å². The fourth-order valence-corrected chi connectivity index (χ4v) is 2.84. The summed E-state index contributed by atoms with van der Waals surface area (Å²) in [6.45, 7) is 5.25. The number of fused-ring (bicyclic) bond motifs is 1. The van der Waals surface area contributed by atoms with Crippen LogP contribution in [0, 0.1) is 0 Å². The molecule has 2 rings (SSSR count). The van der Waals surface area contributed by atoms with Crippen LogP contribution in [0.1, 0.15) is 31.4 Å². The van der Waals surface area contributed by atoms with Gasteiger partial charge in [-0.1, -0.05) is 31.2 Å². The number of hydrogen-bond donors (Lipinski definition) is 2. The number of benzene rings is 1. The number of nitrogens with two attached hydrogens (primary N) is 1. The molecule has 1 aromatic carbocycles. The molecule has 0 radical (unpaired) electrons. The molecule has 2 amide bonds. The summed E-state index contributed by atoms with van der Waals surface area (Å²) in [5.74, 6) is -0.462. The molecule has 1 aliphatic heterocycles. The summed E-state index contributed by atoms with van der Waals surface area (Å²) in [6.07, 6.45) is 0.882. The highest BCUT2D eigenvalue weighted by Gasteiger charge is 2.33. The first kappa shape index (κ1) is 15.5. The minimum Gasteiger partial charge on any atom is -0.368 e. The molecule has 3 N–H and O–H groups in total. The second kappa shape index (κ2) is 6.72. The second-order valence-electron chi connectivity index (χ2n) is 5.58. The maximum Gasteiger partial charge on any atom is 0.240 e. The fourth-order valence-electron chi connectivity index (χ4n) is 2.84. The highest BCUT2D eigenvalue weighted by Crippen LogP contribution is 2.24. The topological polar surface area (TPSA) is 75.4 Å². The summed E-state index contributed by atoms with van der Waals surface area (Å²) in [6, 6.07) is 7.44. The number of hydrogen-bond acceptors (Lipinski definition) is 3. The first-order valence-electron chi connectivity index (χ1n) is 7.41. The Hall–Kier alpha value is -1.88. The van der Waals surface area contributed by atoms with Crippen molar-refractivity contribution in [3.8, 4) is 0 Å². The van der Waals surface area contributed by atoms with Crippen LogP contribution in [0.3, 0.4) is 0 Å². The van der Waals surface area contributed by atoms with Crippen LogP contribution in [-0.2, 0) is 22.6 Å². The normalized spacial score (nSPS) is 19.0. The highest BCUT2D eigenvalue weighted by molar-refractivity contribution is 5.87. The monoisotopic (exact) mass is 289 g/mol. The summed E-state index contributed by atoms with van der Waals surface area (Å²) < 4.78 is 0. The molecule has 114 valence electrons. The van der Waals surface area contributed by atoms with Gasteiger partial charge in [0.2, 0.25) is 11.8 Å². The van der Waals surface area contributed by atoms with Crippen LogP contribution in [-0.4, -0.2) is 35.3 Å². The average molecular weight is 289 g/mol. The zero-order chi connectivity index (χ0) is 15.4. The molecule has 0 aliphatic carbocycles. The van der Waals surface area contributed by atoms with E-state index in [1.165, 1.54) is 0 Å². The van der Waals surface area contributed by atoms with Crippen molar-refractivity contribution in [3.63, 3.8) is 0 Å². The quantitative estimate of drug-likeness (QED) is 0.842. The molecule has 2 atom stereocenters. The van der Waals surface area contributed by atoms with Gasteiger partial charge in [-0.15, -0.1) is 0 Å². The molecular weight excluding hydrogens is 266 g/mol. The lowest BCUT2D eigenvalue weighted by Crippen LogP contribution is -2.52. The maximum absolute atomic E-state index is 12.5. The van der Waals surface area contributed by atoms with Crippen molar-refractivity contribution in [2.75, 3.05) is 6.54 Å². The Balaban J connectivity index is 2.16. The lowest BCUT2D eigenvalue weighted by atomic mass is 9.93. The third kappa shape index (κ3) is 3.61. The Morgan fingerprint density at radius 3 is 2.67 bits per heavy atom. The number of nitrogens with zero attached hydrogens (tertiary/aromatic N) is 1. The van der Waals surface area contributed by atoms with Gasteiger partial charge in [0.05, 0.1) is 0 Å². The van der Waals surface area contributed by atoms with Crippen LogP contribution in [0.5, 0.6) is 0 Å². The molecule has 1 aliphatic rings. The van der Waals surface area contributed by atoms with Gasteiger partial charge in [0.25, 0.3) is 0 Å². The van der Waals surface area contributed by atoms with Crippen molar-refractivity contribution in [1.82, 2.24) is 10.2 Å². The summed E-state index contributed by atoms with van der Waals surface area (Å²) >= 11 is 0. The third-order valence-corrected chi connectivity index (χ3v) is 3.93. The lowest BCUT2D eigenvalue weighted by Gasteiger charge is -2.35. The Morgan fingerprint density at radius 2 is 2.05 bits per heavy atom. The van der Waals surface area contributed by atoms with Gasteiger partial charge in [-0.05, 0) is 24.6 Å². The van der Waals surface area contributed by atoms with Crippen molar-refractivity contribution in [1.29, 1.82) is 0 Å². The third-order valence-electron chi connectivity index (χ3n) is 3.93. The Kier molecular flexibility index (Phi) is 4.96. The smallest absolute Gasteiger partial charge is 0.240 e. The predicted octanol–water partition coefficient (Wildman–Crippen LogP) is 0.813. The number of amides is 2. The van der Waals surface area contributed by atoms with Crippen molar-refractivity contribution >= 4 is 11.8 Å². The van der Waals surface area contributed by atoms with Crippen LogP contribution in [0.4, 0.5) is 0 Å². The second-order valence-corrected chi connectivity index (χ2v) is 5.58. The van der Waals surface area contributed by atoms with Crippen LogP contribution in [0.2, 0.25) is 0 Å². The summed E-state index contributed by atoms with van der Waals surface area (Å²) in [5.41, 5.74) is 7.69. The van der Waals surface area contributed by atoms with E-state index in [2.05, 4.69) is 5.32 Å². The molecule has 1 aromatic rings. The van der Waals surface area contributed by atoms with Crippen molar-refractivity contribution in [2.45, 2.75) is 45.3 Å². The molecule has 5 nitrogen and oxygen atoms in total. The molecule has 1 heterocycles. The number of carbonyl (C=O) groups is 2. The minimum absolute atomic E-state index is 0.0262. The highest BCUT2D eigenvalue weighted by atomic mass is 16.2. The molecule has 0 fully saturated rings.